The maximum Gasteiger partial charge on any atom is 0.333 e. The molecule has 0 spiro atoms. The van der Waals surface area contributed by atoms with Gasteiger partial charge in [0.15, 0.2) is 0 Å². The van der Waals surface area contributed by atoms with Gasteiger partial charge in [0.25, 0.3) is 0 Å². The molecule has 0 rings (SSSR count). The van der Waals surface area contributed by atoms with Gasteiger partial charge in [-0.1, -0.05) is 6.08 Å². The predicted molar refractivity (Wildman–Crippen MR) is 68.1 cm³/mol. The molecule has 0 heterocycles. The van der Waals surface area contributed by atoms with Crippen LogP contribution in [0.15, 0.2) is 11.6 Å². The third-order valence-electron chi connectivity index (χ3n) is 2.22. The van der Waals surface area contributed by atoms with E-state index in [0.29, 0.717) is 38.2 Å². The number of nitrogens with one attached hydrogen (secondary N) is 2. The first-order valence-corrected chi connectivity index (χ1v) is 5.83. The van der Waals surface area contributed by atoms with Crippen LogP contribution in [-0.4, -0.2) is 52.3 Å². The maximum absolute atomic E-state index is 11.3. The summed E-state index contributed by atoms with van der Waals surface area (Å²) in [6.07, 6.45) is 2.13. The van der Waals surface area contributed by atoms with Gasteiger partial charge in [-0.15, -0.1) is 0 Å². The van der Waals surface area contributed by atoms with E-state index in [9.17, 15) is 9.59 Å². The minimum atomic E-state index is -0.339. The van der Waals surface area contributed by atoms with E-state index in [-0.39, 0.29) is 11.9 Å². The summed E-state index contributed by atoms with van der Waals surface area (Å²) in [5.74, 6) is -0.359. The van der Waals surface area contributed by atoms with Crippen LogP contribution >= 0.6 is 0 Å². The van der Waals surface area contributed by atoms with Gasteiger partial charge in [-0.3, -0.25) is 4.79 Å². The van der Waals surface area contributed by atoms with Crippen molar-refractivity contribution in [1.82, 2.24) is 10.6 Å². The summed E-state index contributed by atoms with van der Waals surface area (Å²) in [5.41, 5.74) is 0.551. The second-order valence-electron chi connectivity index (χ2n) is 3.68. The van der Waals surface area contributed by atoms with Crippen molar-refractivity contribution >= 4 is 11.9 Å². The van der Waals surface area contributed by atoms with Gasteiger partial charge in [0.1, 0.15) is 0 Å². The van der Waals surface area contributed by atoms with Crippen LogP contribution in [0.3, 0.4) is 0 Å². The topological polar surface area (TPSA) is 76.7 Å². The second-order valence-corrected chi connectivity index (χ2v) is 3.68. The molecule has 0 aliphatic heterocycles. The van der Waals surface area contributed by atoms with E-state index in [2.05, 4.69) is 15.4 Å². The molecule has 1 amide bonds. The summed E-state index contributed by atoms with van der Waals surface area (Å²) in [6.45, 7) is 3.82. The van der Waals surface area contributed by atoms with Gasteiger partial charge < -0.3 is 20.1 Å². The Hall–Kier alpha value is -1.40. The summed E-state index contributed by atoms with van der Waals surface area (Å²) in [6, 6.07) is 0. The van der Waals surface area contributed by atoms with Gasteiger partial charge in [0.05, 0.1) is 13.7 Å². The molecule has 0 atom stereocenters. The Bertz CT molecular complexity index is 290. The van der Waals surface area contributed by atoms with Gasteiger partial charge in [-0.05, 0) is 6.92 Å². The van der Waals surface area contributed by atoms with Crippen molar-refractivity contribution in [3.05, 3.63) is 11.6 Å². The first-order valence-electron chi connectivity index (χ1n) is 5.83. The first-order chi connectivity index (χ1) is 8.61. The van der Waals surface area contributed by atoms with Crippen molar-refractivity contribution in [1.29, 1.82) is 0 Å². The van der Waals surface area contributed by atoms with Crippen molar-refractivity contribution < 1.29 is 19.1 Å². The molecule has 0 aromatic heterocycles. The molecule has 6 heteroatoms. The molecule has 18 heavy (non-hydrogen) atoms. The van der Waals surface area contributed by atoms with Gasteiger partial charge in [-0.2, -0.15) is 0 Å². The molecule has 0 bridgehead atoms. The fourth-order valence-corrected chi connectivity index (χ4v) is 1.15. The largest absolute Gasteiger partial charge is 0.466 e. The molecule has 0 unspecified atom stereocenters. The lowest BCUT2D eigenvalue weighted by Crippen LogP contribution is -2.30. The number of carbonyl (C=O) groups is 2. The molecule has 0 saturated heterocycles. The maximum atomic E-state index is 11.3. The number of methoxy groups -OCH3 is 2. The third-order valence-corrected chi connectivity index (χ3v) is 2.22. The van der Waals surface area contributed by atoms with E-state index in [1.807, 2.05) is 0 Å². The van der Waals surface area contributed by atoms with Crippen LogP contribution in [-0.2, 0) is 19.1 Å². The number of rotatable bonds is 9. The summed E-state index contributed by atoms with van der Waals surface area (Å²) in [4.78, 5) is 22.3. The average molecular weight is 258 g/mol. The zero-order valence-corrected chi connectivity index (χ0v) is 11.2. The number of carbonyl (C=O) groups excluding carboxylic acids is 2. The van der Waals surface area contributed by atoms with Crippen LogP contribution in [0.25, 0.3) is 0 Å². The highest BCUT2D eigenvalue weighted by Gasteiger charge is 2.02. The molecule has 0 saturated carbocycles. The molecule has 104 valence electrons. The molecule has 6 nitrogen and oxygen atoms in total. The summed E-state index contributed by atoms with van der Waals surface area (Å²) < 4.78 is 9.36. The average Bonchev–Trinajstić information content (AvgIpc) is 2.37. The van der Waals surface area contributed by atoms with Gasteiger partial charge in [-0.25, -0.2) is 4.79 Å². The first kappa shape index (κ1) is 16.6. The predicted octanol–water partition coefficient (Wildman–Crippen LogP) is -0.152. The van der Waals surface area contributed by atoms with Crippen LogP contribution in [0, 0.1) is 0 Å². The van der Waals surface area contributed by atoms with Gasteiger partial charge in [0, 0.05) is 38.7 Å². The highest BCUT2D eigenvalue weighted by molar-refractivity contribution is 5.87. The van der Waals surface area contributed by atoms with E-state index in [1.54, 1.807) is 20.1 Å². The Morgan fingerprint density at radius 3 is 2.56 bits per heavy atom. The van der Waals surface area contributed by atoms with Crippen LogP contribution in [0.5, 0.6) is 0 Å². The van der Waals surface area contributed by atoms with Crippen LogP contribution in [0.4, 0.5) is 0 Å². The molecule has 0 aromatic carbocycles. The number of ether oxygens (including phenoxy) is 2. The van der Waals surface area contributed by atoms with Crippen molar-refractivity contribution in [2.24, 2.45) is 0 Å². The Labute approximate surface area is 108 Å². The fourth-order valence-electron chi connectivity index (χ4n) is 1.15. The quantitative estimate of drug-likeness (QED) is 0.342. The Kier molecular flexibility index (Phi) is 9.90. The molecule has 0 aliphatic rings. The minimum Gasteiger partial charge on any atom is -0.466 e. The summed E-state index contributed by atoms with van der Waals surface area (Å²) >= 11 is 0. The molecule has 2 N–H and O–H groups in total. The molecular formula is C12H22N2O4. The van der Waals surface area contributed by atoms with Crippen molar-refractivity contribution in [3.63, 3.8) is 0 Å². The number of esters is 1. The smallest absolute Gasteiger partial charge is 0.333 e. The van der Waals surface area contributed by atoms with Crippen LogP contribution < -0.4 is 10.6 Å². The standard InChI is InChI=1S/C12H22N2O4/c1-10(12(16)18-3)4-6-13-7-5-11(15)14-8-9-17-2/h4,13H,5-9H2,1-3H3,(H,14,15)/b10-4-. The van der Waals surface area contributed by atoms with Crippen LogP contribution in [0.1, 0.15) is 13.3 Å². The lowest BCUT2D eigenvalue weighted by atomic mass is 10.3. The third kappa shape index (κ3) is 8.72. The van der Waals surface area contributed by atoms with E-state index < -0.39 is 0 Å². The normalized spacial score (nSPS) is 11.2. The van der Waals surface area contributed by atoms with E-state index >= 15 is 0 Å². The molecule has 0 fully saturated rings. The number of amides is 1. The molecule has 0 aliphatic carbocycles. The second kappa shape index (κ2) is 10.7. The SMILES string of the molecule is COCCNC(=O)CCNC/C=C(/C)C(=O)OC. The highest BCUT2D eigenvalue weighted by Crippen LogP contribution is 1.93. The van der Waals surface area contributed by atoms with E-state index in [1.165, 1.54) is 7.11 Å². The monoisotopic (exact) mass is 258 g/mol. The molecular weight excluding hydrogens is 236 g/mol. The number of hydrogen-bond acceptors (Lipinski definition) is 5. The Balaban J connectivity index is 3.56. The lowest BCUT2D eigenvalue weighted by Gasteiger charge is -2.05. The van der Waals surface area contributed by atoms with Crippen LogP contribution in [0.2, 0.25) is 0 Å². The zero-order valence-electron chi connectivity index (χ0n) is 11.2. The van der Waals surface area contributed by atoms with Crippen molar-refractivity contribution in [2.75, 3.05) is 40.5 Å². The zero-order chi connectivity index (χ0) is 13.8. The fraction of sp³-hybridized carbons (Fsp3) is 0.667. The Morgan fingerprint density at radius 1 is 1.22 bits per heavy atom. The summed E-state index contributed by atoms with van der Waals surface area (Å²) in [5, 5.41) is 5.76. The van der Waals surface area contributed by atoms with E-state index in [0.717, 1.165) is 0 Å². The van der Waals surface area contributed by atoms with Gasteiger partial charge in [0.2, 0.25) is 5.91 Å². The van der Waals surface area contributed by atoms with Crippen molar-refractivity contribution in [2.45, 2.75) is 13.3 Å². The van der Waals surface area contributed by atoms with Crippen molar-refractivity contribution in [3.8, 4) is 0 Å². The highest BCUT2D eigenvalue weighted by atomic mass is 16.5. The van der Waals surface area contributed by atoms with Gasteiger partial charge >= 0.3 is 5.97 Å². The molecule has 0 radical (unpaired) electrons. The Morgan fingerprint density at radius 2 is 1.94 bits per heavy atom. The minimum absolute atomic E-state index is 0.0202. The van der Waals surface area contributed by atoms with E-state index in [4.69, 9.17) is 4.74 Å². The molecule has 0 aromatic rings. The summed E-state index contributed by atoms with van der Waals surface area (Å²) in [7, 11) is 2.93. The number of hydrogen-bond donors (Lipinski definition) is 2. The lowest BCUT2D eigenvalue weighted by molar-refractivity contribution is -0.136.